The third-order valence-electron chi connectivity index (χ3n) is 13.5. The normalized spacial score (nSPS) is 11.9. The number of para-hydroxylation sites is 2. The Morgan fingerprint density at radius 2 is 0.925 bits per heavy atom. The molecule has 0 bridgehead atoms. The van der Waals surface area contributed by atoms with Crippen molar-refractivity contribution in [2.75, 3.05) is 0 Å². The highest BCUT2D eigenvalue weighted by Crippen LogP contribution is 2.46. The van der Waals surface area contributed by atoms with Crippen LogP contribution in [0, 0.1) is 41.2 Å². The van der Waals surface area contributed by atoms with E-state index in [2.05, 4.69) is 145 Å². The zero-order valence-corrected chi connectivity index (χ0v) is 37.7. The summed E-state index contributed by atoms with van der Waals surface area (Å²) in [4.78, 5) is 3.93. The highest BCUT2D eigenvalue weighted by molar-refractivity contribution is 6.13. The van der Waals surface area contributed by atoms with Crippen LogP contribution in [0.3, 0.4) is 0 Å². The molecule has 0 aliphatic rings. The van der Waals surface area contributed by atoms with Crippen molar-refractivity contribution in [1.82, 2.24) is 9.13 Å². The van der Waals surface area contributed by atoms with Crippen molar-refractivity contribution < 1.29 is 13.2 Å². The minimum Gasteiger partial charge on any atom is -0.309 e. The predicted molar refractivity (Wildman–Crippen MR) is 272 cm³/mol. The van der Waals surface area contributed by atoms with E-state index in [0.717, 1.165) is 83.2 Å². The first-order valence-corrected chi connectivity index (χ1v) is 22.4. The van der Waals surface area contributed by atoms with E-state index < -0.39 is 11.7 Å². The molecule has 0 aliphatic heterocycles. The van der Waals surface area contributed by atoms with Gasteiger partial charge in [-0.15, -0.1) is 0 Å². The Kier molecular flexibility index (Phi) is 9.79. The van der Waals surface area contributed by atoms with Gasteiger partial charge in [0.05, 0.1) is 45.6 Å². The summed E-state index contributed by atoms with van der Waals surface area (Å²) in [6.45, 7) is 18.4. The van der Waals surface area contributed by atoms with Gasteiger partial charge in [0.1, 0.15) is 0 Å². The van der Waals surface area contributed by atoms with Gasteiger partial charge in [-0.05, 0) is 151 Å². The minimum absolute atomic E-state index is 0.137. The number of aryl methyl sites for hydroxylation is 5. The van der Waals surface area contributed by atoms with Gasteiger partial charge in [-0.25, -0.2) is 4.85 Å². The van der Waals surface area contributed by atoms with Crippen LogP contribution in [0.1, 0.15) is 33.4 Å². The highest BCUT2D eigenvalue weighted by atomic mass is 19.4. The zero-order valence-electron chi connectivity index (χ0n) is 37.7. The van der Waals surface area contributed by atoms with E-state index in [1.54, 1.807) is 19.1 Å². The van der Waals surface area contributed by atoms with Gasteiger partial charge in [0, 0.05) is 27.1 Å². The average Bonchev–Trinajstić information content (AvgIpc) is 3.83. The molecule has 2 aromatic heterocycles. The number of alkyl halides is 3. The third kappa shape index (κ3) is 6.89. The molecule has 67 heavy (non-hydrogen) atoms. The van der Waals surface area contributed by atoms with Crippen LogP contribution in [-0.2, 0) is 6.18 Å². The number of fused-ring (bicyclic) bond motifs is 6. The minimum atomic E-state index is -4.58. The highest BCUT2D eigenvalue weighted by Gasteiger charge is 2.34. The van der Waals surface area contributed by atoms with Crippen molar-refractivity contribution in [1.29, 1.82) is 0 Å². The fourth-order valence-corrected chi connectivity index (χ4v) is 10.5. The maximum absolute atomic E-state index is 14.9. The second kappa shape index (κ2) is 15.8. The Morgan fingerprint density at radius 3 is 1.48 bits per heavy atom. The summed E-state index contributed by atoms with van der Waals surface area (Å²) in [5.41, 5.74) is 17.1. The monoisotopic (exact) mass is 875 g/mol. The van der Waals surface area contributed by atoms with E-state index in [1.807, 2.05) is 48.5 Å². The summed E-state index contributed by atoms with van der Waals surface area (Å²) in [6.07, 6.45) is -4.58. The van der Waals surface area contributed by atoms with Crippen LogP contribution in [0.25, 0.3) is 104 Å². The molecule has 0 atom stereocenters. The number of rotatable bonds is 6. The molecule has 0 fully saturated rings. The van der Waals surface area contributed by atoms with Crippen LogP contribution in [0.2, 0.25) is 0 Å². The Hall–Kier alpha value is -8.14. The molecule has 9 aromatic carbocycles. The number of nitrogens with zero attached hydrogens (tertiary/aromatic N) is 3. The van der Waals surface area contributed by atoms with Crippen molar-refractivity contribution in [2.45, 2.75) is 40.8 Å². The van der Waals surface area contributed by atoms with E-state index in [-0.39, 0.29) is 5.56 Å². The van der Waals surface area contributed by atoms with E-state index in [9.17, 15) is 13.2 Å². The van der Waals surface area contributed by atoms with Gasteiger partial charge in [0.25, 0.3) is 0 Å². The molecule has 2 heterocycles. The first kappa shape index (κ1) is 41.6. The second-order valence-corrected chi connectivity index (χ2v) is 17.8. The summed E-state index contributed by atoms with van der Waals surface area (Å²) in [7, 11) is 0. The molecular formula is C61H44F3N3. The zero-order chi connectivity index (χ0) is 46.3. The lowest BCUT2D eigenvalue weighted by Gasteiger charge is -2.21. The van der Waals surface area contributed by atoms with E-state index >= 15 is 0 Å². The lowest BCUT2D eigenvalue weighted by molar-refractivity contribution is -0.137. The molecule has 0 aliphatic carbocycles. The van der Waals surface area contributed by atoms with Gasteiger partial charge >= 0.3 is 6.18 Å². The molecular weight excluding hydrogens is 832 g/mol. The Morgan fingerprint density at radius 1 is 0.403 bits per heavy atom. The SMILES string of the molecule is [C-]#[N+]c1ccc(-n2c3ccccc3c3cc(-c4ccc(C)cc4C)ccc32)c(-c2ccc(-c3c(C)cccc3C(F)(F)F)cc2-n2c3ccccc3c3cc(-c4ccc(C)cc4C)ccc32)c1. The van der Waals surface area contributed by atoms with Gasteiger partial charge in [-0.1, -0.05) is 126 Å². The first-order chi connectivity index (χ1) is 32.4. The van der Waals surface area contributed by atoms with Gasteiger partial charge < -0.3 is 9.13 Å². The standard InChI is InChI=1S/C61H44F3N3/c1-36-18-24-45(39(4)30-36)41-21-27-56-50(32-41)47-13-7-9-16-54(47)66(56)58-29-23-44(65-6)35-52(58)49-26-20-43(60-38(3)12-11-15-53(60)61(62,63)64)34-59(49)67-55-17-10-8-14-48(55)51-33-42(22-28-57(51)67)46-25-19-37(2)31-40(46)5/h7-35H,1-5H3. The number of aromatic nitrogens is 2. The van der Waals surface area contributed by atoms with Crippen molar-refractivity contribution in [2.24, 2.45) is 0 Å². The summed E-state index contributed by atoms with van der Waals surface area (Å²) in [6, 6.07) is 58.6. The molecule has 0 amide bonds. The number of hydrogen-bond donors (Lipinski definition) is 0. The molecule has 0 N–H and O–H groups in total. The fourth-order valence-electron chi connectivity index (χ4n) is 10.5. The van der Waals surface area contributed by atoms with Crippen LogP contribution in [0.4, 0.5) is 18.9 Å². The van der Waals surface area contributed by atoms with Crippen LogP contribution < -0.4 is 0 Å². The molecule has 3 nitrogen and oxygen atoms in total. The van der Waals surface area contributed by atoms with Gasteiger partial charge in [-0.2, -0.15) is 13.2 Å². The summed E-state index contributed by atoms with van der Waals surface area (Å²) < 4.78 is 49.3. The average molecular weight is 876 g/mol. The molecule has 0 radical (unpaired) electrons. The van der Waals surface area contributed by atoms with Gasteiger partial charge in [-0.3, -0.25) is 0 Å². The summed E-state index contributed by atoms with van der Waals surface area (Å²) in [5.74, 6) is 0. The first-order valence-electron chi connectivity index (χ1n) is 22.4. The summed E-state index contributed by atoms with van der Waals surface area (Å²) >= 11 is 0. The quantitative estimate of drug-likeness (QED) is 0.148. The topological polar surface area (TPSA) is 14.2 Å². The number of halogens is 3. The van der Waals surface area contributed by atoms with Crippen LogP contribution in [-0.4, -0.2) is 9.13 Å². The molecule has 11 rings (SSSR count). The number of hydrogen-bond acceptors (Lipinski definition) is 0. The fraction of sp³-hybridized carbons (Fsp3) is 0.0984. The van der Waals surface area contributed by atoms with Gasteiger partial charge in [0.15, 0.2) is 5.69 Å². The van der Waals surface area contributed by atoms with Crippen molar-refractivity contribution >= 4 is 49.3 Å². The molecule has 324 valence electrons. The lowest BCUT2D eigenvalue weighted by atomic mass is 9.91. The molecule has 0 unspecified atom stereocenters. The smallest absolute Gasteiger partial charge is 0.309 e. The van der Waals surface area contributed by atoms with Crippen LogP contribution in [0.15, 0.2) is 176 Å². The maximum atomic E-state index is 14.9. The van der Waals surface area contributed by atoms with E-state index in [4.69, 9.17) is 6.57 Å². The van der Waals surface area contributed by atoms with Crippen molar-refractivity contribution in [3.05, 3.63) is 221 Å². The Bertz CT molecular complexity index is 3870. The molecule has 11 aromatic rings. The van der Waals surface area contributed by atoms with E-state index in [1.165, 1.54) is 33.9 Å². The molecule has 0 saturated carbocycles. The second-order valence-electron chi connectivity index (χ2n) is 17.8. The van der Waals surface area contributed by atoms with E-state index in [0.29, 0.717) is 22.5 Å². The summed E-state index contributed by atoms with van der Waals surface area (Å²) in [5, 5.41) is 4.21. The Labute approximate surface area is 387 Å². The lowest BCUT2D eigenvalue weighted by Crippen LogP contribution is -2.08. The molecule has 6 heteroatoms. The molecule has 0 saturated heterocycles. The van der Waals surface area contributed by atoms with Crippen LogP contribution in [0.5, 0.6) is 0 Å². The van der Waals surface area contributed by atoms with Gasteiger partial charge in [0.2, 0.25) is 0 Å². The van der Waals surface area contributed by atoms with Crippen molar-refractivity contribution in [3.8, 4) is 55.9 Å². The third-order valence-corrected chi connectivity index (χ3v) is 13.5. The van der Waals surface area contributed by atoms with Crippen LogP contribution >= 0.6 is 0 Å². The van der Waals surface area contributed by atoms with Crippen molar-refractivity contribution in [3.63, 3.8) is 0 Å². The largest absolute Gasteiger partial charge is 0.417 e. The molecule has 0 spiro atoms. The predicted octanol–water partition coefficient (Wildman–Crippen LogP) is 17.7. The number of benzene rings is 9. The Balaban J connectivity index is 1.22. The maximum Gasteiger partial charge on any atom is 0.417 e.